The lowest BCUT2D eigenvalue weighted by atomic mass is 9.82. The molecule has 4 rings (SSSR count). The van der Waals surface area contributed by atoms with Crippen molar-refractivity contribution < 1.29 is 14.3 Å². The van der Waals surface area contributed by atoms with Crippen molar-refractivity contribution in [3.05, 3.63) is 76.8 Å². The molecule has 0 saturated heterocycles. The van der Waals surface area contributed by atoms with Gasteiger partial charge in [-0.2, -0.15) is 0 Å². The Bertz CT molecular complexity index is 1030. The third kappa shape index (κ3) is 5.82. The molecule has 0 bridgehead atoms. The molecule has 1 aromatic heterocycles. The van der Waals surface area contributed by atoms with Gasteiger partial charge >= 0.3 is 0 Å². The van der Waals surface area contributed by atoms with Crippen LogP contribution in [0.2, 0.25) is 0 Å². The molecule has 1 heterocycles. The number of ether oxygens (including phenoxy) is 2. The van der Waals surface area contributed by atoms with E-state index in [9.17, 15) is 4.79 Å². The minimum absolute atomic E-state index is 0.0920. The molecule has 0 aliphatic heterocycles. The van der Waals surface area contributed by atoms with Crippen LogP contribution >= 0.6 is 11.3 Å². The fourth-order valence-electron chi connectivity index (χ4n) is 4.03. The molecule has 2 aromatic carbocycles. The number of thiazole rings is 1. The molecule has 1 N–H and O–H groups in total. The summed E-state index contributed by atoms with van der Waals surface area (Å²) in [5.74, 6) is 0.130. The van der Waals surface area contributed by atoms with E-state index < -0.39 is 0 Å². The van der Waals surface area contributed by atoms with Gasteiger partial charge in [0.05, 0.1) is 41.0 Å². The van der Waals surface area contributed by atoms with Crippen molar-refractivity contribution >= 4 is 27.5 Å². The van der Waals surface area contributed by atoms with Gasteiger partial charge in [-0.15, -0.1) is 11.3 Å². The highest BCUT2D eigenvalue weighted by molar-refractivity contribution is 7.18. The molecule has 3 aromatic rings. The van der Waals surface area contributed by atoms with Crippen LogP contribution in [0.5, 0.6) is 0 Å². The summed E-state index contributed by atoms with van der Waals surface area (Å²) in [4.78, 5) is 17.9. The lowest BCUT2D eigenvalue weighted by Gasteiger charge is -2.26. The van der Waals surface area contributed by atoms with Gasteiger partial charge in [-0.1, -0.05) is 48.6 Å². The van der Waals surface area contributed by atoms with Crippen LogP contribution in [0.15, 0.2) is 60.7 Å². The van der Waals surface area contributed by atoms with Gasteiger partial charge in [-0.05, 0) is 43.0 Å². The van der Waals surface area contributed by atoms with Crippen LogP contribution in [-0.4, -0.2) is 30.7 Å². The molecule has 0 spiro atoms. The summed E-state index contributed by atoms with van der Waals surface area (Å²) in [6, 6.07) is 16.4. The summed E-state index contributed by atoms with van der Waals surface area (Å²) in [7, 11) is 0. The van der Waals surface area contributed by atoms with Gasteiger partial charge in [0.25, 0.3) is 0 Å². The predicted octanol–water partition coefficient (Wildman–Crippen LogP) is 5.22. The number of benzene rings is 2. The number of aromatic nitrogens is 1. The van der Waals surface area contributed by atoms with Gasteiger partial charge in [0.2, 0.25) is 5.91 Å². The van der Waals surface area contributed by atoms with E-state index in [-0.39, 0.29) is 17.7 Å². The highest BCUT2D eigenvalue weighted by atomic mass is 32.1. The quantitative estimate of drug-likeness (QED) is 0.340. The first-order valence-electron chi connectivity index (χ1n) is 11.3. The molecular formula is C26H30N2O3S. The van der Waals surface area contributed by atoms with Crippen LogP contribution in [0.3, 0.4) is 0 Å². The Labute approximate surface area is 193 Å². The molecule has 2 atom stereocenters. The number of hydrogen-bond donors (Lipinski definition) is 1. The van der Waals surface area contributed by atoms with Gasteiger partial charge in [0.15, 0.2) is 0 Å². The number of nitrogens with zero attached hydrogens (tertiary/aromatic N) is 1. The molecule has 0 radical (unpaired) electrons. The highest BCUT2D eigenvalue weighted by Gasteiger charge is 2.32. The summed E-state index contributed by atoms with van der Waals surface area (Å²) >= 11 is 1.71. The molecular weight excluding hydrogens is 420 g/mol. The van der Waals surface area contributed by atoms with Crippen LogP contribution in [0.25, 0.3) is 10.2 Å². The second kappa shape index (κ2) is 11.4. The van der Waals surface area contributed by atoms with E-state index in [0.717, 1.165) is 34.5 Å². The Hall–Kier alpha value is -2.54. The number of allylic oxidation sites excluding steroid dienone is 2. The maximum atomic E-state index is 13.1. The number of rotatable bonds is 10. The van der Waals surface area contributed by atoms with Crippen LogP contribution in [0, 0.1) is 5.92 Å². The van der Waals surface area contributed by atoms with Gasteiger partial charge in [-0.25, -0.2) is 4.98 Å². The van der Waals surface area contributed by atoms with Crippen molar-refractivity contribution in [3.63, 3.8) is 0 Å². The van der Waals surface area contributed by atoms with Crippen molar-refractivity contribution in [3.8, 4) is 0 Å². The summed E-state index contributed by atoms with van der Waals surface area (Å²) < 4.78 is 12.1. The average Bonchev–Trinajstić information content (AvgIpc) is 3.27. The first kappa shape index (κ1) is 22.6. The molecule has 5 nitrogen and oxygen atoms in total. The van der Waals surface area contributed by atoms with E-state index in [2.05, 4.69) is 29.6 Å². The van der Waals surface area contributed by atoms with Crippen LogP contribution < -0.4 is 5.32 Å². The zero-order valence-corrected chi connectivity index (χ0v) is 19.3. The van der Waals surface area contributed by atoms with E-state index in [1.807, 2.05) is 43.3 Å². The van der Waals surface area contributed by atoms with Gasteiger partial charge in [-0.3, -0.25) is 4.79 Å². The van der Waals surface area contributed by atoms with Crippen molar-refractivity contribution in [2.75, 3.05) is 19.8 Å². The van der Waals surface area contributed by atoms with Crippen LogP contribution in [-0.2, 0) is 27.4 Å². The molecule has 168 valence electrons. The first-order chi connectivity index (χ1) is 15.7. The van der Waals surface area contributed by atoms with E-state index in [1.165, 1.54) is 4.70 Å². The summed E-state index contributed by atoms with van der Waals surface area (Å²) in [6.07, 6.45) is 5.90. The largest absolute Gasteiger partial charge is 0.379 e. The van der Waals surface area contributed by atoms with Crippen molar-refractivity contribution in [1.29, 1.82) is 0 Å². The third-order valence-electron chi connectivity index (χ3n) is 5.70. The monoisotopic (exact) mass is 450 g/mol. The van der Waals surface area contributed by atoms with Crippen molar-refractivity contribution in [2.24, 2.45) is 5.92 Å². The average molecular weight is 451 g/mol. The molecule has 1 amide bonds. The molecule has 6 heteroatoms. The Morgan fingerprint density at radius 3 is 2.75 bits per heavy atom. The normalized spacial score (nSPS) is 18.2. The van der Waals surface area contributed by atoms with Crippen molar-refractivity contribution in [2.45, 2.75) is 38.8 Å². The fourth-order valence-corrected chi connectivity index (χ4v) is 5.17. The molecule has 32 heavy (non-hydrogen) atoms. The van der Waals surface area contributed by atoms with Crippen molar-refractivity contribution in [1.82, 2.24) is 10.3 Å². The predicted molar refractivity (Wildman–Crippen MR) is 129 cm³/mol. The third-order valence-corrected chi connectivity index (χ3v) is 6.87. The minimum Gasteiger partial charge on any atom is -0.379 e. The van der Waals surface area contributed by atoms with Crippen LogP contribution in [0.1, 0.15) is 41.8 Å². The number of fused-ring (bicyclic) bond motifs is 1. The summed E-state index contributed by atoms with van der Waals surface area (Å²) in [5.41, 5.74) is 3.19. The first-order valence-corrected chi connectivity index (χ1v) is 12.1. The number of nitrogens with one attached hydrogen (secondary N) is 1. The second-order valence-corrected chi connectivity index (χ2v) is 9.03. The Morgan fingerprint density at radius 1 is 1.06 bits per heavy atom. The Kier molecular flexibility index (Phi) is 8.04. The topological polar surface area (TPSA) is 60.5 Å². The lowest BCUT2D eigenvalue weighted by molar-refractivity contribution is -0.125. The standard InChI is InChI=1S/C26H30N2O3S/c1-2-30-14-15-31-18-20-9-7-8-19(16-20)17-27-25(29)21-10-3-4-11-22(21)26-28-23-12-5-6-13-24(23)32-26/h3-9,12-13,16,21-22H,2,10-11,14-15,17-18H2,1H3,(H,27,29). The van der Waals surface area contributed by atoms with E-state index in [0.29, 0.717) is 33.0 Å². The summed E-state index contributed by atoms with van der Waals surface area (Å²) in [5, 5.41) is 4.21. The lowest BCUT2D eigenvalue weighted by Crippen LogP contribution is -2.34. The maximum Gasteiger partial charge on any atom is 0.224 e. The second-order valence-electron chi connectivity index (χ2n) is 7.96. The number of carbonyl (C=O) groups excluding carboxylic acids is 1. The number of hydrogen-bond acceptors (Lipinski definition) is 5. The highest BCUT2D eigenvalue weighted by Crippen LogP contribution is 2.38. The SMILES string of the molecule is CCOCCOCc1cccc(CNC(=O)C2CC=CCC2c2nc3ccccc3s2)c1. The maximum absolute atomic E-state index is 13.1. The molecule has 0 fully saturated rings. The Morgan fingerprint density at radius 2 is 1.88 bits per heavy atom. The molecule has 2 unspecified atom stereocenters. The zero-order valence-electron chi connectivity index (χ0n) is 18.5. The van der Waals surface area contributed by atoms with Gasteiger partial charge in [0.1, 0.15) is 0 Å². The van der Waals surface area contributed by atoms with Gasteiger partial charge < -0.3 is 14.8 Å². The number of amides is 1. The summed E-state index contributed by atoms with van der Waals surface area (Å²) in [6.45, 7) is 4.92. The van der Waals surface area contributed by atoms with E-state index in [1.54, 1.807) is 11.3 Å². The van der Waals surface area contributed by atoms with Gasteiger partial charge in [0, 0.05) is 19.1 Å². The van der Waals surface area contributed by atoms with E-state index in [4.69, 9.17) is 14.5 Å². The zero-order chi connectivity index (χ0) is 22.2. The molecule has 1 aliphatic carbocycles. The van der Waals surface area contributed by atoms with E-state index >= 15 is 0 Å². The molecule has 1 aliphatic rings. The minimum atomic E-state index is -0.0920. The molecule has 0 saturated carbocycles. The number of para-hydroxylation sites is 1. The Balaban J connectivity index is 1.35. The number of carbonyl (C=O) groups is 1. The van der Waals surface area contributed by atoms with Crippen LogP contribution in [0.4, 0.5) is 0 Å². The smallest absolute Gasteiger partial charge is 0.224 e. The fraction of sp³-hybridized carbons (Fsp3) is 0.385.